The summed E-state index contributed by atoms with van der Waals surface area (Å²) in [5.41, 5.74) is 0. The number of aliphatic hydroxyl groups is 1. The molecule has 0 aromatic rings. The highest BCUT2D eigenvalue weighted by Crippen LogP contribution is 2.75. The van der Waals surface area contributed by atoms with E-state index in [0.717, 1.165) is 191 Å². The Kier molecular flexibility index (Phi) is 16.8. The second-order valence-corrected chi connectivity index (χ2v) is 33.9. The van der Waals surface area contributed by atoms with E-state index in [-0.39, 0.29) is 85.7 Å². The molecule has 16 saturated carbocycles. The highest BCUT2D eigenvalue weighted by atomic mass is 16.6. The molecule has 89 heavy (non-hydrogen) atoms. The third-order valence-corrected chi connectivity index (χ3v) is 31.6. The Morgan fingerprint density at radius 2 is 0.843 bits per heavy atom. The van der Waals surface area contributed by atoms with E-state index in [0.29, 0.717) is 43.5 Å². The Morgan fingerprint density at radius 3 is 1.21 bits per heavy atom. The van der Waals surface area contributed by atoms with Gasteiger partial charge in [-0.2, -0.15) is 0 Å². The van der Waals surface area contributed by atoms with E-state index in [1.807, 2.05) is 0 Å². The molecule has 5 N–H and O–H groups in total. The number of aliphatic hydroxyl groups excluding tert-OH is 1. The summed E-state index contributed by atoms with van der Waals surface area (Å²) in [7, 11) is 0. The molecule has 0 spiro atoms. The summed E-state index contributed by atoms with van der Waals surface area (Å²) in [6, 6.07) is -0.776. The van der Waals surface area contributed by atoms with Crippen molar-refractivity contribution in [1.29, 1.82) is 0 Å². The molecular weight excluding hydrogens is 1130 g/mol. The van der Waals surface area contributed by atoms with Crippen LogP contribution in [0.1, 0.15) is 146 Å². The van der Waals surface area contributed by atoms with Crippen molar-refractivity contribution in [3.63, 3.8) is 0 Å². The molecule has 0 aromatic carbocycles. The minimum Gasteiger partial charge on any atom is -0.480 e. The zero-order valence-electron chi connectivity index (χ0n) is 54.7. The first-order chi connectivity index (χ1) is 42.6. The van der Waals surface area contributed by atoms with Gasteiger partial charge < -0.3 is 44.9 Å². The molecule has 494 valence electrons. The van der Waals surface area contributed by atoms with E-state index in [2.05, 4.69) is 66.0 Å². The van der Waals surface area contributed by atoms with Crippen LogP contribution in [0.5, 0.6) is 0 Å². The molecule has 16 bridgehead atoms. The Balaban J connectivity index is 0.000000104. The van der Waals surface area contributed by atoms with Gasteiger partial charge in [0.2, 0.25) is 11.8 Å². The zero-order chi connectivity index (χ0) is 62.7. The molecule has 38 unspecified atom stereocenters. The van der Waals surface area contributed by atoms with Crippen molar-refractivity contribution in [1.82, 2.24) is 10.6 Å². The molecule has 1 saturated heterocycles. The van der Waals surface area contributed by atoms with Crippen molar-refractivity contribution in [2.75, 3.05) is 39.6 Å². The normalized spacial score (nSPS) is 52.8. The van der Waals surface area contributed by atoms with E-state index in [1.165, 1.54) is 51.4 Å². The van der Waals surface area contributed by atoms with Crippen LogP contribution in [0, 0.1) is 213 Å². The van der Waals surface area contributed by atoms with Crippen LogP contribution in [-0.2, 0) is 52.5 Å². The predicted molar refractivity (Wildman–Crippen MR) is 327 cm³/mol. The van der Waals surface area contributed by atoms with Gasteiger partial charge in [-0.1, -0.05) is 55.4 Å². The van der Waals surface area contributed by atoms with Gasteiger partial charge in [-0.05, 0) is 273 Å². The lowest BCUT2D eigenvalue weighted by atomic mass is 9.62. The fourth-order valence-electron chi connectivity index (χ4n) is 28.0. The summed E-state index contributed by atoms with van der Waals surface area (Å²) in [5.74, 6) is 23.6. The van der Waals surface area contributed by atoms with Gasteiger partial charge in [0, 0.05) is 11.8 Å². The van der Waals surface area contributed by atoms with Gasteiger partial charge in [0.25, 0.3) is 0 Å². The van der Waals surface area contributed by atoms with Crippen LogP contribution in [0.2, 0.25) is 0 Å². The highest BCUT2D eigenvalue weighted by molar-refractivity contribution is 5.85. The average molecular weight is 1240 g/mol. The van der Waals surface area contributed by atoms with E-state index < -0.39 is 18.0 Å². The van der Waals surface area contributed by atoms with Gasteiger partial charge in [-0.3, -0.25) is 33.6 Å². The van der Waals surface area contributed by atoms with Crippen molar-refractivity contribution in [2.45, 2.75) is 158 Å². The number of fused-ring (bicyclic) bond motifs is 36. The van der Waals surface area contributed by atoms with Gasteiger partial charge >= 0.3 is 29.8 Å². The summed E-state index contributed by atoms with van der Waals surface area (Å²) >= 11 is 0. The second kappa shape index (κ2) is 23.9. The van der Waals surface area contributed by atoms with Gasteiger partial charge in [0.15, 0.2) is 0 Å². The molecule has 1 aliphatic heterocycles. The largest absolute Gasteiger partial charge is 0.480 e. The number of ether oxygens (including phenoxy) is 4. The van der Waals surface area contributed by atoms with Crippen molar-refractivity contribution in [3.05, 3.63) is 0 Å². The number of amides is 2. The summed E-state index contributed by atoms with van der Waals surface area (Å²) in [6.45, 7) is 22.0. The van der Waals surface area contributed by atoms with Gasteiger partial charge in [0.05, 0.1) is 38.1 Å². The standard InChI is InChI=1S/C19H26O4.C19H30O4.C18H27NO3.C17H25NO3/c1-8-9(2)13-6-12(8)17-10-3-14(18(13)17)15(4-10)19(21)23-11-5-16(20)22-7-11;1-10-11(2)14-9-13(10)17-12-7-15(18(14)17)16(8-12)19(21)23-6-5-22-4-3-20;1-7-8(2)12-6-11(7)15-10-4-13(16(12)15)14(5-10)17(20)19-9(3)18(21)22;1-7-8(2)11-5-10(7)15-9-3-12(16(11)15)13(4-9)17(21)18-6-14(19)20/h8-15,17-18H,3-7H2,1-2H3;10-18,20H,3-9H2,1-2H3;7-16H,4-6H2,1-3H3,(H,19,20)(H,21,22);7-13,15-16H,3-6H2,1-2H3,(H,18,21)(H,19,20). The lowest BCUT2D eigenvalue weighted by Gasteiger charge is -2.43. The first kappa shape index (κ1) is 62.6. The minimum absolute atomic E-state index is 0.00650. The molecule has 1 heterocycles. The number of hydrogen-bond donors (Lipinski definition) is 5. The number of carbonyl (C=O) groups is 7. The number of carboxylic acid groups (broad SMARTS) is 2. The van der Waals surface area contributed by atoms with Crippen LogP contribution in [-0.4, -0.2) is 109 Å². The predicted octanol–water partition coefficient (Wildman–Crippen LogP) is 9.39. The average Bonchev–Trinajstić information content (AvgIpc) is 1.57. The molecule has 0 radical (unpaired) electrons. The fraction of sp³-hybridized carbons (Fsp3) is 0.904. The van der Waals surface area contributed by atoms with E-state index in [1.54, 1.807) is 6.92 Å². The fourth-order valence-corrected chi connectivity index (χ4v) is 28.0. The third kappa shape index (κ3) is 10.1. The van der Waals surface area contributed by atoms with Crippen LogP contribution in [0.3, 0.4) is 0 Å². The second-order valence-electron chi connectivity index (χ2n) is 33.9. The molecule has 2 amide bonds. The Bertz CT molecular complexity index is 2760. The first-order valence-corrected chi connectivity index (χ1v) is 36.3. The maximum Gasteiger partial charge on any atom is 0.325 e. The zero-order valence-corrected chi connectivity index (χ0v) is 54.7. The lowest BCUT2D eigenvalue weighted by molar-refractivity contribution is -0.158. The number of rotatable bonds is 14. The Morgan fingerprint density at radius 1 is 0.472 bits per heavy atom. The molecular formula is C73H108N2O14. The maximum absolute atomic E-state index is 12.6. The number of cyclic esters (lactones) is 1. The highest BCUT2D eigenvalue weighted by Gasteiger charge is 2.71. The monoisotopic (exact) mass is 1240 g/mol. The summed E-state index contributed by atoms with van der Waals surface area (Å²) < 4.78 is 21.1. The van der Waals surface area contributed by atoms with Crippen molar-refractivity contribution in [3.8, 4) is 0 Å². The maximum atomic E-state index is 12.6. The summed E-state index contributed by atoms with van der Waals surface area (Å²) in [4.78, 5) is 82.7. The van der Waals surface area contributed by atoms with Crippen LogP contribution < -0.4 is 10.6 Å². The van der Waals surface area contributed by atoms with Crippen LogP contribution >= 0.6 is 0 Å². The van der Waals surface area contributed by atoms with Crippen LogP contribution in [0.15, 0.2) is 0 Å². The molecule has 16 heteroatoms. The number of hydrogen-bond acceptors (Lipinski definition) is 12. The topological polar surface area (TPSA) is 241 Å². The van der Waals surface area contributed by atoms with E-state index in [9.17, 15) is 33.6 Å². The number of esters is 3. The van der Waals surface area contributed by atoms with Crippen LogP contribution in [0.25, 0.3) is 0 Å². The lowest BCUT2D eigenvalue weighted by Crippen LogP contribution is -2.46. The van der Waals surface area contributed by atoms with Crippen LogP contribution in [0.4, 0.5) is 0 Å². The minimum atomic E-state index is -0.952. The molecule has 38 atom stereocenters. The molecule has 16 nitrogen and oxygen atoms in total. The van der Waals surface area contributed by atoms with Crippen molar-refractivity contribution in [2.24, 2.45) is 213 Å². The molecule has 17 rings (SSSR count). The number of carboxylic acids is 2. The van der Waals surface area contributed by atoms with Crippen molar-refractivity contribution >= 4 is 41.7 Å². The third-order valence-electron chi connectivity index (χ3n) is 31.6. The van der Waals surface area contributed by atoms with Crippen molar-refractivity contribution < 1.29 is 67.8 Å². The molecule has 17 fully saturated rings. The van der Waals surface area contributed by atoms with Gasteiger partial charge in [0.1, 0.15) is 31.9 Å². The van der Waals surface area contributed by atoms with E-state index >= 15 is 0 Å². The van der Waals surface area contributed by atoms with E-state index in [4.69, 9.17) is 34.3 Å². The number of carbonyl (C=O) groups excluding carboxylic acids is 5. The Labute approximate surface area is 528 Å². The SMILES string of the molecule is CC(NC(=O)C1CC2CC1C1C3CC(C(C)C3C)C21)C(=O)O.CC1C(C)C2CC1C1C3CC(C(=O)NCC(=O)O)C(C3)C21.CC1C(C)C2CC1C1C3CC(C(=O)OC4COC(=O)C4)C(C3)C21.CC1C(C)C2CC1C1C3CC(C(=O)OCCOCCO)C(C3)C21. The Hall–Kier alpha value is -3.79. The van der Waals surface area contributed by atoms with Gasteiger partial charge in [-0.25, -0.2) is 0 Å². The summed E-state index contributed by atoms with van der Waals surface area (Å²) in [6.07, 6.45) is 14.5. The van der Waals surface area contributed by atoms with Gasteiger partial charge in [-0.15, -0.1) is 0 Å². The number of nitrogens with one attached hydrogen (secondary N) is 2. The molecule has 0 aromatic heterocycles. The molecule has 17 aliphatic rings. The summed E-state index contributed by atoms with van der Waals surface area (Å²) in [5, 5.41) is 31.7. The first-order valence-electron chi connectivity index (χ1n) is 36.3. The number of aliphatic carboxylic acids is 2. The smallest absolute Gasteiger partial charge is 0.325 e. The quantitative estimate of drug-likeness (QED) is 0.0471. The molecule has 16 aliphatic carbocycles.